The molecular weight excluding hydrogens is 579 g/mol. The Morgan fingerprint density at radius 2 is 1.71 bits per heavy atom. The highest BCUT2D eigenvalue weighted by atomic mass is 35.5. The van der Waals surface area contributed by atoms with Crippen molar-refractivity contribution in [1.82, 2.24) is 24.6 Å². The summed E-state index contributed by atoms with van der Waals surface area (Å²) >= 11 is 9.48. The summed E-state index contributed by atoms with van der Waals surface area (Å²) in [6.45, 7) is 4.22. The van der Waals surface area contributed by atoms with E-state index < -0.39 is 0 Å². The van der Waals surface area contributed by atoms with Crippen molar-refractivity contribution in [2.24, 2.45) is 0 Å². The zero-order valence-corrected chi connectivity index (χ0v) is 24.6. The first kappa shape index (κ1) is 27.4. The minimum absolute atomic E-state index is 0.102. The fraction of sp³-hybridized carbons (Fsp3) is 0.200. The van der Waals surface area contributed by atoms with Crippen LogP contribution >= 0.6 is 34.7 Å². The number of carbonyl (C=O) groups is 1. The minimum atomic E-state index is -0.244. The third kappa shape index (κ3) is 5.86. The highest BCUT2D eigenvalue weighted by Gasteiger charge is 2.25. The molecule has 2 aromatic heterocycles. The van der Waals surface area contributed by atoms with Crippen LogP contribution in [0, 0.1) is 12.7 Å². The van der Waals surface area contributed by atoms with E-state index in [1.165, 1.54) is 29.2 Å². The summed E-state index contributed by atoms with van der Waals surface area (Å²) in [6, 6.07) is 22.5. The number of halogens is 2. The summed E-state index contributed by atoms with van der Waals surface area (Å²) in [5.74, 6) is 0.845. The van der Waals surface area contributed by atoms with Gasteiger partial charge < -0.3 is 9.80 Å². The third-order valence-electron chi connectivity index (χ3n) is 6.90. The number of anilines is 1. The normalized spacial score (nSPS) is 13.5. The number of hydrogen-bond acceptors (Lipinski definition) is 7. The van der Waals surface area contributed by atoms with Gasteiger partial charge in [0.1, 0.15) is 16.5 Å². The van der Waals surface area contributed by atoms with Gasteiger partial charge in [0.15, 0.2) is 11.0 Å². The molecule has 0 N–H and O–H groups in total. The SMILES string of the molecule is Cc1ccc(-n2c(SCc3nc(C(=O)N4CCN(c5ccccc5F)CC4)cs3)nnc2-c2ccccc2Cl)cc1. The topological polar surface area (TPSA) is 67.2 Å². The number of para-hydroxylation sites is 1. The standard InChI is InChI=1S/C30H26ClFN6OS2/c1-20-10-12-21(13-11-20)38-28(22-6-2-3-7-23(22)31)34-35-30(38)41-19-27-33-25(18-40-27)29(39)37-16-14-36(15-17-37)26-9-5-4-8-24(26)32/h2-13,18H,14-17,19H2,1H3. The van der Waals surface area contributed by atoms with Crippen LogP contribution in [0.1, 0.15) is 21.1 Å². The van der Waals surface area contributed by atoms with Gasteiger partial charge in [-0.2, -0.15) is 0 Å². The van der Waals surface area contributed by atoms with Crippen LogP contribution in [-0.2, 0) is 5.75 Å². The van der Waals surface area contributed by atoms with Crippen LogP contribution in [0.2, 0.25) is 5.02 Å². The lowest BCUT2D eigenvalue weighted by Gasteiger charge is -2.35. The van der Waals surface area contributed by atoms with E-state index in [9.17, 15) is 9.18 Å². The summed E-state index contributed by atoms with van der Waals surface area (Å²) in [6.07, 6.45) is 0. The lowest BCUT2D eigenvalue weighted by molar-refractivity contribution is 0.0741. The number of piperazine rings is 1. The van der Waals surface area contributed by atoms with Crippen LogP contribution in [0.15, 0.2) is 83.3 Å². The molecule has 0 radical (unpaired) electrons. The number of aromatic nitrogens is 4. The number of nitrogens with zero attached hydrogens (tertiary/aromatic N) is 6. The van der Waals surface area contributed by atoms with Gasteiger partial charge in [-0.05, 0) is 43.3 Å². The largest absolute Gasteiger partial charge is 0.366 e. The monoisotopic (exact) mass is 604 g/mol. The second-order valence-electron chi connectivity index (χ2n) is 9.60. The van der Waals surface area contributed by atoms with E-state index in [2.05, 4.69) is 27.3 Å². The van der Waals surface area contributed by atoms with E-state index in [-0.39, 0.29) is 11.7 Å². The molecule has 11 heteroatoms. The zero-order chi connectivity index (χ0) is 28.3. The molecule has 41 heavy (non-hydrogen) atoms. The molecule has 1 fully saturated rings. The van der Waals surface area contributed by atoms with E-state index in [0.29, 0.717) is 59.3 Å². The number of amides is 1. The quantitative estimate of drug-likeness (QED) is 0.192. The smallest absolute Gasteiger partial charge is 0.273 e. The number of aryl methyl sites for hydroxylation is 1. The van der Waals surface area contributed by atoms with E-state index in [1.54, 1.807) is 22.4 Å². The van der Waals surface area contributed by atoms with E-state index in [1.807, 2.05) is 58.9 Å². The molecule has 208 valence electrons. The van der Waals surface area contributed by atoms with Gasteiger partial charge in [-0.1, -0.05) is 65.3 Å². The number of benzene rings is 3. The number of hydrogen-bond donors (Lipinski definition) is 0. The first-order chi connectivity index (χ1) is 20.0. The number of thiazole rings is 1. The average Bonchev–Trinajstić information content (AvgIpc) is 3.64. The van der Waals surface area contributed by atoms with Gasteiger partial charge in [0.25, 0.3) is 5.91 Å². The first-order valence-electron chi connectivity index (χ1n) is 13.1. The molecule has 7 nitrogen and oxygen atoms in total. The Bertz CT molecular complexity index is 1680. The predicted molar refractivity (Wildman–Crippen MR) is 163 cm³/mol. The average molecular weight is 605 g/mol. The van der Waals surface area contributed by atoms with Crippen LogP contribution in [0.5, 0.6) is 0 Å². The summed E-state index contributed by atoms with van der Waals surface area (Å²) in [5, 5.41) is 12.9. The highest BCUT2D eigenvalue weighted by Crippen LogP contribution is 2.33. The molecule has 0 bridgehead atoms. The molecule has 0 saturated carbocycles. The van der Waals surface area contributed by atoms with Crippen molar-refractivity contribution < 1.29 is 9.18 Å². The van der Waals surface area contributed by atoms with Crippen molar-refractivity contribution >= 4 is 46.3 Å². The molecule has 1 saturated heterocycles. The molecule has 6 rings (SSSR count). The van der Waals surface area contributed by atoms with Gasteiger partial charge in [-0.15, -0.1) is 21.5 Å². The maximum atomic E-state index is 14.2. The predicted octanol–water partition coefficient (Wildman–Crippen LogP) is 6.75. The third-order valence-corrected chi connectivity index (χ3v) is 9.20. The summed E-state index contributed by atoms with van der Waals surface area (Å²) in [4.78, 5) is 21.6. The van der Waals surface area contributed by atoms with Crippen LogP contribution in [0.25, 0.3) is 17.1 Å². The molecule has 0 atom stereocenters. The van der Waals surface area contributed by atoms with Gasteiger partial charge in [0.05, 0.1) is 16.5 Å². The molecule has 3 aromatic carbocycles. The molecule has 3 heterocycles. The summed E-state index contributed by atoms with van der Waals surface area (Å²) in [7, 11) is 0. The first-order valence-corrected chi connectivity index (χ1v) is 15.4. The number of carbonyl (C=O) groups excluding carboxylic acids is 1. The van der Waals surface area contributed by atoms with Crippen LogP contribution in [-0.4, -0.2) is 56.7 Å². The summed E-state index contributed by atoms with van der Waals surface area (Å²) < 4.78 is 16.2. The molecule has 0 aliphatic carbocycles. The van der Waals surface area contributed by atoms with Crippen molar-refractivity contribution in [3.63, 3.8) is 0 Å². The Morgan fingerprint density at radius 3 is 2.46 bits per heavy atom. The lowest BCUT2D eigenvalue weighted by atomic mass is 10.2. The van der Waals surface area contributed by atoms with Crippen LogP contribution < -0.4 is 4.90 Å². The molecule has 1 aliphatic rings. The Balaban J connectivity index is 1.16. The fourth-order valence-corrected chi connectivity index (χ4v) is 6.69. The molecule has 1 aliphatic heterocycles. The van der Waals surface area contributed by atoms with Gasteiger partial charge in [-0.25, -0.2) is 9.37 Å². The highest BCUT2D eigenvalue weighted by molar-refractivity contribution is 7.98. The maximum Gasteiger partial charge on any atom is 0.273 e. The Morgan fingerprint density at radius 1 is 0.976 bits per heavy atom. The molecule has 5 aromatic rings. The molecule has 1 amide bonds. The Kier molecular flexibility index (Phi) is 8.04. The second kappa shape index (κ2) is 12.0. The lowest BCUT2D eigenvalue weighted by Crippen LogP contribution is -2.49. The molecular formula is C30H26ClFN6OS2. The number of thioether (sulfide) groups is 1. The van der Waals surface area contributed by atoms with Gasteiger partial charge in [0.2, 0.25) is 0 Å². The molecule has 0 spiro atoms. The van der Waals surface area contributed by atoms with Crippen LogP contribution in [0.3, 0.4) is 0 Å². The van der Waals surface area contributed by atoms with E-state index in [0.717, 1.165) is 21.8 Å². The second-order valence-corrected chi connectivity index (χ2v) is 11.9. The fourth-order valence-electron chi connectivity index (χ4n) is 4.73. The van der Waals surface area contributed by atoms with Crippen molar-refractivity contribution in [3.8, 4) is 17.1 Å². The van der Waals surface area contributed by atoms with Gasteiger partial charge in [0, 0.05) is 42.8 Å². The van der Waals surface area contributed by atoms with Gasteiger partial charge in [-0.3, -0.25) is 9.36 Å². The van der Waals surface area contributed by atoms with Crippen LogP contribution in [0.4, 0.5) is 10.1 Å². The van der Waals surface area contributed by atoms with Crippen molar-refractivity contribution in [2.75, 3.05) is 31.1 Å². The van der Waals surface area contributed by atoms with Crippen molar-refractivity contribution in [2.45, 2.75) is 17.8 Å². The molecule has 0 unspecified atom stereocenters. The summed E-state index contributed by atoms with van der Waals surface area (Å²) in [5.41, 5.74) is 3.89. The number of rotatable bonds is 7. The Labute approximate surface area is 250 Å². The minimum Gasteiger partial charge on any atom is -0.366 e. The van der Waals surface area contributed by atoms with Crippen molar-refractivity contribution in [3.05, 3.63) is 105 Å². The van der Waals surface area contributed by atoms with E-state index >= 15 is 0 Å². The maximum absolute atomic E-state index is 14.2. The van der Waals surface area contributed by atoms with E-state index in [4.69, 9.17) is 11.6 Å². The van der Waals surface area contributed by atoms with Gasteiger partial charge >= 0.3 is 0 Å². The van der Waals surface area contributed by atoms with Crippen molar-refractivity contribution in [1.29, 1.82) is 0 Å². The zero-order valence-electron chi connectivity index (χ0n) is 22.2. The Hall–Kier alpha value is -3.73.